The van der Waals surface area contributed by atoms with Crippen molar-refractivity contribution in [3.05, 3.63) is 141 Å². The molecule has 4 aromatic carbocycles. The number of ketones is 1. The van der Waals surface area contributed by atoms with Gasteiger partial charge >= 0.3 is 6.09 Å². The molecule has 11 nitrogen and oxygen atoms in total. The van der Waals surface area contributed by atoms with Gasteiger partial charge in [0.2, 0.25) is 11.3 Å². The van der Waals surface area contributed by atoms with E-state index in [4.69, 9.17) is 9.47 Å². The first-order chi connectivity index (χ1) is 30.1. The van der Waals surface area contributed by atoms with E-state index in [1.165, 1.54) is 18.2 Å². The van der Waals surface area contributed by atoms with Gasteiger partial charge in [-0.15, -0.1) is 0 Å². The van der Waals surface area contributed by atoms with Crippen molar-refractivity contribution < 1.29 is 42.5 Å². The molecule has 3 fully saturated rings. The molecular formula is C49H57F2N4O7+. The number of benzene rings is 4. The number of carbonyl (C=O) groups is 2. The number of aromatic hydroxyl groups is 1. The minimum absolute atomic E-state index is 0.0428. The summed E-state index contributed by atoms with van der Waals surface area (Å²) in [5, 5.41) is 27.5. The molecule has 3 aliphatic heterocycles. The number of piperidine rings is 3. The molecule has 0 saturated carbocycles. The second-order valence-corrected chi connectivity index (χ2v) is 16.8. The number of alkyl carbamates (subject to hydrolysis) is 1. The van der Waals surface area contributed by atoms with Crippen molar-refractivity contribution in [1.29, 1.82) is 0 Å². The Hall–Kier alpha value is -5.63. The number of rotatable bonds is 21. The smallest absolute Gasteiger partial charge is 0.408 e. The first-order valence-electron chi connectivity index (χ1n) is 21.9. The number of phenols is 1. The summed E-state index contributed by atoms with van der Waals surface area (Å²) in [6, 6.07) is 25.3. The molecule has 5 N–H and O–H groups in total. The number of halogens is 2. The molecule has 62 heavy (non-hydrogen) atoms. The Kier molecular flexibility index (Phi) is 15.0. The number of amides is 1. The molecule has 1 unspecified atom stereocenters. The topological polar surface area (TPSA) is 150 Å². The predicted molar refractivity (Wildman–Crippen MR) is 233 cm³/mol. The Morgan fingerprint density at radius 3 is 2.27 bits per heavy atom. The standard InChI is InChI=1S/C49H56F2N4O7/c50-38-20-22-42(61-29-13-5-3-1-2-4-12-26-52-30-40(57)36-18-21-39(56)48-37(36)19-23-44(59)53-48)46(51)45(38)47(35-16-10-7-11-17-35)54-49(60)62-43-32-55(27-24-34(43)25-28-55)31-41(58)33-14-8-6-9-15-33/h6-11,14-23,34,40,43,47,52,57H,1-5,12-13,24-32H2,(H2-,53,54,56,59,60)/p+1/t34?,40-,43-,47?,55?/m0/s1. The average molecular weight is 852 g/mol. The van der Waals surface area contributed by atoms with E-state index in [9.17, 15) is 24.6 Å². The summed E-state index contributed by atoms with van der Waals surface area (Å²) in [6.07, 6.45) is 6.25. The van der Waals surface area contributed by atoms with Gasteiger partial charge in [0.15, 0.2) is 17.7 Å². The highest BCUT2D eigenvalue weighted by Crippen LogP contribution is 2.37. The van der Waals surface area contributed by atoms with Gasteiger partial charge in [0, 0.05) is 42.3 Å². The largest absolute Gasteiger partial charge is 0.506 e. The molecule has 4 heterocycles. The van der Waals surface area contributed by atoms with E-state index in [0.717, 1.165) is 77.1 Å². The Morgan fingerprint density at radius 2 is 1.53 bits per heavy atom. The highest BCUT2D eigenvalue weighted by Gasteiger charge is 2.48. The number of nitrogens with zero attached hydrogens (tertiary/aromatic N) is 1. The van der Waals surface area contributed by atoms with Crippen molar-refractivity contribution >= 4 is 22.8 Å². The zero-order valence-corrected chi connectivity index (χ0v) is 35.0. The van der Waals surface area contributed by atoms with E-state index in [-0.39, 0.29) is 40.9 Å². The number of hydrogen-bond acceptors (Lipinski definition) is 8. The maximum atomic E-state index is 16.2. The number of ether oxygens (including phenoxy) is 2. The van der Waals surface area contributed by atoms with Crippen LogP contribution in [0, 0.1) is 17.6 Å². The summed E-state index contributed by atoms with van der Waals surface area (Å²) in [5.74, 6) is -1.61. The summed E-state index contributed by atoms with van der Waals surface area (Å²) in [5.41, 5.74) is 1.44. The fraction of sp³-hybridized carbons (Fsp3) is 0.408. The summed E-state index contributed by atoms with van der Waals surface area (Å²) in [4.78, 5) is 41.1. The van der Waals surface area contributed by atoms with Crippen molar-refractivity contribution in [3.8, 4) is 11.5 Å². The Morgan fingerprint density at radius 1 is 0.839 bits per heavy atom. The first-order valence-corrected chi connectivity index (χ1v) is 21.9. The lowest BCUT2D eigenvalue weighted by molar-refractivity contribution is -0.938. The van der Waals surface area contributed by atoms with Crippen molar-refractivity contribution in [1.82, 2.24) is 15.6 Å². The van der Waals surface area contributed by atoms with Crippen molar-refractivity contribution in [2.45, 2.75) is 76.0 Å². The number of pyridine rings is 1. The van der Waals surface area contributed by atoms with E-state index < -0.39 is 36.0 Å². The molecule has 8 rings (SSSR count). The number of fused-ring (bicyclic) bond motifs is 4. The van der Waals surface area contributed by atoms with Gasteiger partial charge in [-0.25, -0.2) is 13.6 Å². The van der Waals surface area contributed by atoms with E-state index >= 15 is 8.78 Å². The minimum Gasteiger partial charge on any atom is -0.506 e. The molecule has 2 bridgehead atoms. The van der Waals surface area contributed by atoms with Crippen molar-refractivity contribution in [3.63, 3.8) is 0 Å². The van der Waals surface area contributed by atoms with E-state index in [1.807, 2.05) is 30.3 Å². The van der Waals surface area contributed by atoms with Gasteiger partial charge < -0.3 is 39.8 Å². The molecule has 0 radical (unpaired) electrons. The molecule has 0 spiro atoms. The quantitative estimate of drug-likeness (QED) is 0.0282. The van der Waals surface area contributed by atoms with Gasteiger partial charge in [-0.2, -0.15) is 0 Å². The fourth-order valence-corrected chi connectivity index (χ4v) is 9.10. The van der Waals surface area contributed by atoms with Crippen molar-refractivity contribution in [2.24, 2.45) is 5.92 Å². The van der Waals surface area contributed by atoms with Crippen molar-refractivity contribution in [2.75, 3.05) is 45.9 Å². The number of aromatic amines is 1. The first kappa shape index (κ1) is 44.4. The molecule has 13 heteroatoms. The molecule has 1 aromatic heterocycles. The van der Waals surface area contributed by atoms with Gasteiger partial charge in [-0.1, -0.05) is 98.8 Å². The molecule has 5 aromatic rings. The van der Waals surface area contributed by atoms with Crippen LogP contribution in [0.15, 0.2) is 102 Å². The zero-order valence-electron chi connectivity index (χ0n) is 35.0. The Labute approximate surface area is 360 Å². The molecule has 328 valence electrons. The van der Waals surface area contributed by atoms with Gasteiger partial charge in [0.25, 0.3) is 0 Å². The van der Waals surface area contributed by atoms with Gasteiger partial charge in [0.1, 0.15) is 24.7 Å². The second kappa shape index (κ2) is 21.0. The van der Waals surface area contributed by atoms with Crippen LogP contribution in [0.25, 0.3) is 10.9 Å². The maximum Gasteiger partial charge on any atom is 0.408 e. The number of phenolic OH excluding ortho intramolecular Hbond substituents is 1. The average Bonchev–Trinajstić information content (AvgIpc) is 3.28. The lowest BCUT2D eigenvalue weighted by Crippen LogP contribution is -2.66. The van der Waals surface area contributed by atoms with Crippen LogP contribution >= 0.6 is 0 Å². The fourth-order valence-electron chi connectivity index (χ4n) is 9.10. The Bertz CT molecular complexity index is 2340. The summed E-state index contributed by atoms with van der Waals surface area (Å²) < 4.78 is 44.2. The number of Topliss-reactive ketones (excluding diaryl/α,β-unsaturated/α-hetero) is 1. The number of carbonyl (C=O) groups excluding carboxylic acids is 2. The second-order valence-electron chi connectivity index (χ2n) is 16.8. The number of quaternary nitrogens is 1. The van der Waals surface area contributed by atoms with Crippen LogP contribution in [0.3, 0.4) is 0 Å². The number of hydrogen-bond donors (Lipinski definition) is 5. The molecule has 0 aliphatic carbocycles. The highest BCUT2D eigenvalue weighted by atomic mass is 19.1. The Balaban J connectivity index is 0.846. The third kappa shape index (κ3) is 11.1. The molecule has 3 saturated heterocycles. The molecule has 3 atom stereocenters. The van der Waals surface area contributed by atoms with Gasteiger partial charge in [-0.3, -0.25) is 9.59 Å². The lowest BCUT2D eigenvalue weighted by atomic mass is 9.83. The van der Waals surface area contributed by atoms with E-state index in [2.05, 4.69) is 15.6 Å². The molecule has 3 aliphatic rings. The van der Waals surface area contributed by atoms with Crippen LogP contribution in [0.4, 0.5) is 13.6 Å². The van der Waals surface area contributed by atoms with Crippen LogP contribution in [-0.4, -0.2) is 83.5 Å². The van der Waals surface area contributed by atoms with Gasteiger partial charge in [0.05, 0.1) is 42.9 Å². The summed E-state index contributed by atoms with van der Waals surface area (Å²) in [6.45, 7) is 3.85. The number of H-pyrrole nitrogens is 1. The predicted octanol–water partition coefficient (Wildman–Crippen LogP) is 8.25. The maximum absolute atomic E-state index is 16.2. The van der Waals surface area contributed by atoms with Crippen LogP contribution < -0.4 is 20.9 Å². The summed E-state index contributed by atoms with van der Waals surface area (Å²) in [7, 11) is 0. The normalized spacial score (nSPS) is 19.2. The van der Waals surface area contributed by atoms with E-state index in [1.54, 1.807) is 42.5 Å². The monoisotopic (exact) mass is 851 g/mol. The number of nitrogens with one attached hydrogen (secondary N) is 3. The molecular weight excluding hydrogens is 795 g/mol. The third-order valence-electron chi connectivity index (χ3n) is 12.5. The number of aromatic nitrogens is 1. The minimum atomic E-state index is -1.18. The third-order valence-corrected chi connectivity index (χ3v) is 12.5. The van der Waals surface area contributed by atoms with Crippen LogP contribution in [0.2, 0.25) is 0 Å². The van der Waals surface area contributed by atoms with Gasteiger partial charge in [-0.05, 0) is 54.8 Å². The van der Waals surface area contributed by atoms with E-state index in [0.29, 0.717) is 58.1 Å². The number of aliphatic hydroxyl groups excluding tert-OH is 1. The zero-order chi connectivity index (χ0) is 43.5. The van der Waals surface area contributed by atoms with Crippen LogP contribution in [-0.2, 0) is 4.74 Å². The lowest BCUT2D eigenvalue weighted by Gasteiger charge is -2.51. The molecule has 1 amide bonds. The van der Waals surface area contributed by atoms with Crippen LogP contribution in [0.5, 0.6) is 11.5 Å². The van der Waals surface area contributed by atoms with Crippen LogP contribution in [0.1, 0.15) is 97.0 Å². The highest BCUT2D eigenvalue weighted by molar-refractivity contribution is 5.97. The number of aliphatic hydroxyl groups is 1. The number of unbranched alkanes of at least 4 members (excludes halogenated alkanes) is 6. The summed E-state index contributed by atoms with van der Waals surface area (Å²) >= 11 is 0. The SMILES string of the molecule is O=C(NC(c1ccccc1)c1c(F)ccc(OCCCCCCCCCNC[C@H](O)c2ccc(O)c3[nH]c(=O)ccc23)c1F)O[C@H]1C[N+]2(CC(=O)c3ccccc3)CCC1CC2.